The molecule has 0 radical (unpaired) electrons. The monoisotopic (exact) mass is 257 g/mol. The summed E-state index contributed by atoms with van der Waals surface area (Å²) in [7, 11) is 0. The van der Waals surface area contributed by atoms with Crippen LogP contribution in [-0.4, -0.2) is 10.2 Å². The minimum atomic E-state index is -0.421. The normalized spacial score (nSPS) is 16.6. The van der Waals surface area contributed by atoms with Gasteiger partial charge in [-0.3, -0.25) is 10.1 Å². The number of halogens is 1. The van der Waals surface area contributed by atoms with E-state index in [0.29, 0.717) is 10.3 Å². The zero-order valence-corrected chi connectivity index (χ0v) is 10.3. The van der Waals surface area contributed by atoms with Crippen molar-refractivity contribution in [1.29, 1.82) is 0 Å². The highest BCUT2D eigenvalue weighted by atomic mass is 35.5. The molecule has 1 aromatic rings. The highest BCUT2D eigenvalue weighted by molar-refractivity contribution is 8.00. The third-order valence-electron chi connectivity index (χ3n) is 2.72. The highest BCUT2D eigenvalue weighted by Gasteiger charge is 2.18. The van der Waals surface area contributed by atoms with Gasteiger partial charge in [0.15, 0.2) is 0 Å². The van der Waals surface area contributed by atoms with Crippen molar-refractivity contribution in [3.63, 3.8) is 0 Å². The van der Waals surface area contributed by atoms with Crippen molar-refractivity contribution in [2.45, 2.75) is 35.8 Å². The standard InChI is InChI=1S/C11H12ClNO2S/c12-10-7-8(13(14)15)5-6-11(10)16-9-3-1-2-4-9/h5-7,9H,1-4H2. The summed E-state index contributed by atoms with van der Waals surface area (Å²) in [6.45, 7) is 0. The smallest absolute Gasteiger partial charge is 0.258 e. The number of thioether (sulfide) groups is 1. The average Bonchev–Trinajstić information content (AvgIpc) is 2.73. The Kier molecular flexibility index (Phi) is 3.71. The number of rotatable bonds is 3. The lowest BCUT2D eigenvalue weighted by Crippen LogP contribution is -1.94. The van der Waals surface area contributed by atoms with Gasteiger partial charge in [0.2, 0.25) is 0 Å². The third kappa shape index (κ3) is 2.68. The van der Waals surface area contributed by atoms with Crippen LogP contribution in [0.15, 0.2) is 23.1 Å². The number of nitrogens with zero attached hydrogens (tertiary/aromatic N) is 1. The fourth-order valence-electron chi connectivity index (χ4n) is 1.88. The molecule has 16 heavy (non-hydrogen) atoms. The molecule has 0 unspecified atom stereocenters. The van der Waals surface area contributed by atoms with Crippen LogP contribution in [0, 0.1) is 10.1 Å². The van der Waals surface area contributed by atoms with E-state index in [-0.39, 0.29) is 5.69 Å². The molecule has 1 saturated carbocycles. The van der Waals surface area contributed by atoms with Gasteiger partial charge in [-0.05, 0) is 18.9 Å². The van der Waals surface area contributed by atoms with E-state index in [0.717, 1.165) is 4.90 Å². The lowest BCUT2D eigenvalue weighted by Gasteiger charge is -2.09. The molecule has 0 aromatic heterocycles. The highest BCUT2D eigenvalue weighted by Crippen LogP contribution is 2.38. The summed E-state index contributed by atoms with van der Waals surface area (Å²) in [6, 6.07) is 4.70. The maximum Gasteiger partial charge on any atom is 0.270 e. The van der Waals surface area contributed by atoms with Gasteiger partial charge in [-0.1, -0.05) is 24.4 Å². The van der Waals surface area contributed by atoms with Crippen molar-refractivity contribution in [3.05, 3.63) is 33.3 Å². The average molecular weight is 258 g/mol. The lowest BCUT2D eigenvalue weighted by molar-refractivity contribution is -0.384. The molecule has 2 rings (SSSR count). The fraction of sp³-hybridized carbons (Fsp3) is 0.455. The van der Waals surface area contributed by atoms with E-state index >= 15 is 0 Å². The quantitative estimate of drug-likeness (QED) is 0.599. The van der Waals surface area contributed by atoms with E-state index in [1.54, 1.807) is 17.8 Å². The lowest BCUT2D eigenvalue weighted by atomic mass is 10.3. The van der Waals surface area contributed by atoms with Crippen molar-refractivity contribution in [1.82, 2.24) is 0 Å². The summed E-state index contributed by atoms with van der Waals surface area (Å²) < 4.78 is 0. The first-order chi connectivity index (χ1) is 7.66. The molecule has 0 spiro atoms. The zero-order chi connectivity index (χ0) is 11.5. The molecular weight excluding hydrogens is 246 g/mol. The predicted octanol–water partition coefficient (Wildman–Crippen LogP) is 4.28. The van der Waals surface area contributed by atoms with E-state index in [1.807, 2.05) is 0 Å². The van der Waals surface area contributed by atoms with Crippen molar-refractivity contribution >= 4 is 29.1 Å². The number of nitro groups is 1. The summed E-state index contributed by atoms with van der Waals surface area (Å²) in [5, 5.41) is 11.7. The van der Waals surface area contributed by atoms with Crippen molar-refractivity contribution in [2.75, 3.05) is 0 Å². The summed E-state index contributed by atoms with van der Waals surface area (Å²) in [5.41, 5.74) is 0.0563. The molecule has 0 saturated heterocycles. The first-order valence-electron chi connectivity index (χ1n) is 5.27. The van der Waals surface area contributed by atoms with E-state index in [9.17, 15) is 10.1 Å². The molecule has 1 fully saturated rings. The van der Waals surface area contributed by atoms with Crippen LogP contribution < -0.4 is 0 Å². The van der Waals surface area contributed by atoms with E-state index in [4.69, 9.17) is 11.6 Å². The Morgan fingerprint density at radius 2 is 2.06 bits per heavy atom. The van der Waals surface area contributed by atoms with Crippen LogP contribution in [0.5, 0.6) is 0 Å². The number of non-ortho nitro benzene ring substituents is 1. The van der Waals surface area contributed by atoms with Gasteiger partial charge in [0.1, 0.15) is 0 Å². The molecule has 0 N–H and O–H groups in total. The van der Waals surface area contributed by atoms with Crippen molar-refractivity contribution < 1.29 is 4.92 Å². The SMILES string of the molecule is O=[N+]([O-])c1ccc(SC2CCCC2)c(Cl)c1. The second-order valence-corrected chi connectivity index (χ2v) is 5.65. The zero-order valence-electron chi connectivity index (χ0n) is 8.69. The molecule has 0 heterocycles. The summed E-state index contributed by atoms with van der Waals surface area (Å²) >= 11 is 7.77. The minimum absolute atomic E-state index is 0.0563. The molecule has 0 bridgehead atoms. The number of hydrogen-bond donors (Lipinski definition) is 0. The summed E-state index contributed by atoms with van der Waals surface area (Å²) in [5.74, 6) is 0. The first kappa shape index (κ1) is 11.7. The molecule has 0 aliphatic heterocycles. The summed E-state index contributed by atoms with van der Waals surface area (Å²) in [4.78, 5) is 11.1. The minimum Gasteiger partial charge on any atom is -0.258 e. The van der Waals surface area contributed by atoms with Gasteiger partial charge < -0.3 is 0 Å². The number of hydrogen-bond acceptors (Lipinski definition) is 3. The molecule has 0 atom stereocenters. The Balaban J connectivity index is 2.12. The number of benzene rings is 1. The summed E-state index contributed by atoms with van der Waals surface area (Å²) in [6.07, 6.45) is 5.00. The molecule has 3 nitrogen and oxygen atoms in total. The topological polar surface area (TPSA) is 43.1 Å². The van der Waals surface area contributed by atoms with Gasteiger partial charge in [0.25, 0.3) is 5.69 Å². The number of nitro benzene ring substituents is 1. The van der Waals surface area contributed by atoms with Gasteiger partial charge >= 0.3 is 0 Å². The predicted molar refractivity (Wildman–Crippen MR) is 66.2 cm³/mol. The molecule has 5 heteroatoms. The van der Waals surface area contributed by atoms with Gasteiger partial charge in [0.05, 0.1) is 9.95 Å². The maximum absolute atomic E-state index is 10.5. The Bertz CT molecular complexity index is 405. The van der Waals surface area contributed by atoms with Gasteiger partial charge in [-0.2, -0.15) is 0 Å². The van der Waals surface area contributed by atoms with Gasteiger partial charge in [-0.15, -0.1) is 11.8 Å². The largest absolute Gasteiger partial charge is 0.270 e. The molecule has 1 aliphatic carbocycles. The van der Waals surface area contributed by atoms with Crippen LogP contribution in [0.2, 0.25) is 5.02 Å². The van der Waals surface area contributed by atoms with E-state index in [2.05, 4.69) is 0 Å². The first-order valence-corrected chi connectivity index (χ1v) is 6.53. The third-order valence-corrected chi connectivity index (χ3v) is 4.56. The van der Waals surface area contributed by atoms with Crippen molar-refractivity contribution in [2.24, 2.45) is 0 Å². The van der Waals surface area contributed by atoms with Crippen LogP contribution in [0.4, 0.5) is 5.69 Å². The van der Waals surface area contributed by atoms with E-state index in [1.165, 1.54) is 37.8 Å². The Labute approximate surface area is 103 Å². The van der Waals surface area contributed by atoms with Crippen LogP contribution in [-0.2, 0) is 0 Å². The molecule has 1 aliphatic rings. The second-order valence-electron chi connectivity index (χ2n) is 3.90. The fourth-order valence-corrected chi connectivity index (χ4v) is 3.44. The molecule has 1 aromatic carbocycles. The van der Waals surface area contributed by atoms with Gasteiger partial charge in [0, 0.05) is 22.3 Å². The molecule has 86 valence electrons. The van der Waals surface area contributed by atoms with Crippen LogP contribution in [0.1, 0.15) is 25.7 Å². The van der Waals surface area contributed by atoms with Crippen molar-refractivity contribution in [3.8, 4) is 0 Å². The van der Waals surface area contributed by atoms with Crippen LogP contribution >= 0.6 is 23.4 Å². The van der Waals surface area contributed by atoms with Crippen LogP contribution in [0.3, 0.4) is 0 Å². The second kappa shape index (κ2) is 5.06. The Morgan fingerprint density at radius 3 is 2.62 bits per heavy atom. The van der Waals surface area contributed by atoms with Crippen LogP contribution in [0.25, 0.3) is 0 Å². The van der Waals surface area contributed by atoms with E-state index < -0.39 is 4.92 Å². The Morgan fingerprint density at radius 1 is 1.38 bits per heavy atom. The molecule has 0 amide bonds. The Hall–Kier alpha value is -0.740. The maximum atomic E-state index is 10.5. The molecular formula is C11H12ClNO2S. The van der Waals surface area contributed by atoms with Gasteiger partial charge in [-0.25, -0.2) is 0 Å².